The second-order valence-electron chi connectivity index (χ2n) is 9.78. The number of carboxylic acids is 2. The van der Waals surface area contributed by atoms with Crippen LogP contribution in [0.15, 0.2) is 21.9 Å². The van der Waals surface area contributed by atoms with Crippen molar-refractivity contribution < 1.29 is 68.1 Å². The van der Waals surface area contributed by atoms with Crippen LogP contribution in [0.2, 0.25) is 0 Å². The molecule has 11 N–H and O–H groups in total. The summed E-state index contributed by atoms with van der Waals surface area (Å²) in [4.78, 5) is 18.5. The van der Waals surface area contributed by atoms with Gasteiger partial charge in [0.1, 0.15) is 9.79 Å². The number of H-pyrrole nitrogens is 1. The standard InChI is InChI=1S/C18H31N9O5S2.2C2HF3O2/c19-7-5-12-2-1-8-27(9-6-12)14-3-4-15(34(31,32)22-11-13(28)10-20)17(33(21,29)30)16(14)18-23-25-26-24-18;2*3-2(4,5)1(6)7/h3-4,12-13,22,28H,1-2,5-11,19-20H2,(H2,21,29,30)(H,23,24,25,26);2*(H,6,7). The molecule has 1 fully saturated rings. The van der Waals surface area contributed by atoms with Gasteiger partial charge in [0.05, 0.1) is 11.7 Å². The van der Waals surface area contributed by atoms with E-state index in [4.69, 9.17) is 36.4 Å². The normalized spacial score (nSPS) is 16.5. The smallest absolute Gasteiger partial charge is 0.475 e. The fourth-order valence-electron chi connectivity index (χ4n) is 4.09. The van der Waals surface area contributed by atoms with Crippen LogP contribution in [0.3, 0.4) is 0 Å². The molecule has 2 atom stereocenters. The van der Waals surface area contributed by atoms with E-state index >= 15 is 0 Å². The number of tetrazole rings is 1. The molecular formula is C22H33F6N9O9S2. The van der Waals surface area contributed by atoms with E-state index in [1.165, 1.54) is 12.1 Å². The minimum Gasteiger partial charge on any atom is -0.475 e. The van der Waals surface area contributed by atoms with Crippen LogP contribution < -0.4 is 26.2 Å². The molecule has 0 saturated carbocycles. The fraction of sp³-hybridized carbons (Fsp3) is 0.591. The molecule has 1 aliphatic heterocycles. The summed E-state index contributed by atoms with van der Waals surface area (Å²) in [5.74, 6) is -5.18. The molecule has 0 amide bonds. The molecule has 1 aromatic heterocycles. The number of hydrogen-bond acceptors (Lipinski definition) is 13. The Bertz CT molecular complexity index is 1550. The topological polar surface area (TPSA) is 311 Å². The number of hydrogen-bond donors (Lipinski definition) is 8. The lowest BCUT2D eigenvalue weighted by atomic mass is 9.97. The zero-order valence-electron chi connectivity index (χ0n) is 24.6. The van der Waals surface area contributed by atoms with Crippen LogP contribution >= 0.6 is 0 Å². The molecular weight excluding hydrogens is 712 g/mol. The van der Waals surface area contributed by atoms with Crippen molar-refractivity contribution in [2.45, 2.75) is 53.9 Å². The summed E-state index contributed by atoms with van der Waals surface area (Å²) in [7, 11) is -8.99. The maximum absolute atomic E-state index is 13.0. The van der Waals surface area contributed by atoms with Gasteiger partial charge in [0.15, 0.2) is 0 Å². The van der Waals surface area contributed by atoms with Gasteiger partial charge in [-0.3, -0.25) is 0 Å². The highest BCUT2D eigenvalue weighted by Gasteiger charge is 2.39. The fourth-order valence-corrected chi connectivity index (χ4v) is 6.76. The summed E-state index contributed by atoms with van der Waals surface area (Å²) in [5.41, 5.74) is 11.4. The van der Waals surface area contributed by atoms with E-state index in [0.29, 0.717) is 31.2 Å². The van der Waals surface area contributed by atoms with Crippen molar-refractivity contribution >= 4 is 37.7 Å². The summed E-state index contributed by atoms with van der Waals surface area (Å²) < 4.78 is 117. The molecule has 3 rings (SSSR count). The number of aromatic amines is 1. The summed E-state index contributed by atoms with van der Waals surface area (Å²) in [5, 5.41) is 43.0. The second kappa shape index (κ2) is 17.6. The van der Waals surface area contributed by atoms with Crippen LogP contribution in [0.1, 0.15) is 25.7 Å². The number of carboxylic acid groups (broad SMARTS) is 2. The van der Waals surface area contributed by atoms with Gasteiger partial charge in [-0.05, 0) is 55.5 Å². The number of aromatic nitrogens is 4. The Hall–Kier alpha value is -3.69. The molecule has 2 aromatic rings. The molecule has 2 unspecified atom stereocenters. The first-order valence-corrected chi connectivity index (χ1v) is 16.4. The molecule has 0 radical (unpaired) electrons. The summed E-state index contributed by atoms with van der Waals surface area (Å²) in [6.45, 7) is 1.22. The van der Waals surface area contributed by atoms with Crippen molar-refractivity contribution in [3.05, 3.63) is 12.1 Å². The number of nitrogens with zero attached hydrogens (tertiary/aromatic N) is 4. The summed E-state index contributed by atoms with van der Waals surface area (Å²) in [6, 6.07) is 2.69. The van der Waals surface area contributed by atoms with Gasteiger partial charge in [0.25, 0.3) is 0 Å². The molecule has 18 nitrogen and oxygen atoms in total. The van der Waals surface area contributed by atoms with Crippen molar-refractivity contribution in [1.82, 2.24) is 25.3 Å². The maximum Gasteiger partial charge on any atom is 0.490 e. The zero-order valence-corrected chi connectivity index (χ0v) is 26.2. The molecule has 1 aromatic carbocycles. The van der Waals surface area contributed by atoms with Crippen LogP contribution in [0.25, 0.3) is 11.4 Å². The average Bonchev–Trinajstić information content (AvgIpc) is 3.41. The van der Waals surface area contributed by atoms with Crippen molar-refractivity contribution in [1.29, 1.82) is 0 Å². The van der Waals surface area contributed by atoms with Crippen molar-refractivity contribution in [3.8, 4) is 11.4 Å². The number of nitrogens with one attached hydrogen (secondary N) is 2. The lowest BCUT2D eigenvalue weighted by Gasteiger charge is -2.27. The number of aliphatic hydroxyl groups is 1. The van der Waals surface area contributed by atoms with Crippen molar-refractivity contribution in [2.24, 2.45) is 22.5 Å². The van der Waals surface area contributed by atoms with E-state index in [1.54, 1.807) is 0 Å². The summed E-state index contributed by atoms with van der Waals surface area (Å²) in [6.07, 6.45) is -7.76. The van der Waals surface area contributed by atoms with Gasteiger partial charge in [-0.1, -0.05) is 0 Å². The van der Waals surface area contributed by atoms with Crippen LogP contribution in [0.4, 0.5) is 32.0 Å². The first-order valence-electron chi connectivity index (χ1n) is 13.3. The molecule has 0 spiro atoms. The van der Waals surface area contributed by atoms with Gasteiger partial charge in [-0.15, -0.1) is 10.2 Å². The second-order valence-corrected chi connectivity index (χ2v) is 13.0. The molecule has 48 heavy (non-hydrogen) atoms. The van der Waals surface area contributed by atoms with Crippen LogP contribution in [-0.2, 0) is 29.6 Å². The highest BCUT2D eigenvalue weighted by molar-refractivity contribution is 7.92. The molecule has 1 aliphatic rings. The molecule has 274 valence electrons. The number of halogens is 6. The van der Waals surface area contributed by atoms with Crippen LogP contribution in [-0.4, -0.2) is 116 Å². The zero-order chi connectivity index (χ0) is 37.1. The number of sulfonamides is 2. The van der Waals surface area contributed by atoms with Gasteiger partial charge in [-0.2, -0.15) is 31.6 Å². The van der Waals surface area contributed by atoms with E-state index in [-0.39, 0.29) is 17.9 Å². The third-order valence-corrected chi connectivity index (χ3v) is 8.86. The average molecular weight is 746 g/mol. The molecule has 0 bridgehead atoms. The van der Waals surface area contributed by atoms with Crippen LogP contribution in [0, 0.1) is 5.92 Å². The van der Waals surface area contributed by atoms with E-state index < -0.39 is 66.8 Å². The van der Waals surface area contributed by atoms with Gasteiger partial charge in [0, 0.05) is 31.9 Å². The maximum atomic E-state index is 13.0. The quantitative estimate of drug-likeness (QED) is 0.140. The number of benzene rings is 1. The van der Waals surface area contributed by atoms with Gasteiger partial charge in [0.2, 0.25) is 25.9 Å². The number of primary sulfonamides is 1. The Morgan fingerprint density at radius 3 is 2.02 bits per heavy atom. The number of carbonyl (C=O) groups is 2. The van der Waals surface area contributed by atoms with Gasteiger partial charge >= 0.3 is 24.3 Å². The minimum atomic E-state index is -5.08. The van der Waals surface area contributed by atoms with E-state index in [2.05, 4.69) is 25.3 Å². The Balaban J connectivity index is 0.000000687. The monoisotopic (exact) mass is 745 g/mol. The first-order chi connectivity index (χ1) is 22.0. The molecule has 26 heteroatoms. The lowest BCUT2D eigenvalue weighted by Crippen LogP contribution is -2.37. The first kappa shape index (κ1) is 42.3. The van der Waals surface area contributed by atoms with E-state index in [9.17, 15) is 48.3 Å². The van der Waals surface area contributed by atoms with E-state index in [1.807, 2.05) is 4.90 Å². The largest absolute Gasteiger partial charge is 0.490 e. The number of rotatable bonds is 10. The predicted octanol–water partition coefficient (Wildman–Crippen LogP) is -0.666. The SMILES string of the molecule is NCCC1CCCN(c2ccc(S(=O)(=O)NCC(O)CN)c(S(N)(=O)=O)c2-c2nn[nH]n2)CC1.O=C(O)C(F)(F)F.O=C(O)C(F)(F)F. The lowest BCUT2D eigenvalue weighted by molar-refractivity contribution is -0.193. The van der Waals surface area contributed by atoms with Crippen molar-refractivity contribution in [2.75, 3.05) is 37.6 Å². The summed E-state index contributed by atoms with van der Waals surface area (Å²) >= 11 is 0. The van der Waals surface area contributed by atoms with Crippen molar-refractivity contribution in [3.63, 3.8) is 0 Å². The van der Waals surface area contributed by atoms with E-state index in [0.717, 1.165) is 25.7 Å². The van der Waals surface area contributed by atoms with Gasteiger partial charge in [-0.25, -0.2) is 36.3 Å². The van der Waals surface area contributed by atoms with Gasteiger partial charge < -0.3 is 31.7 Å². The highest BCUT2D eigenvalue weighted by atomic mass is 32.2. The Labute approximate surface area is 268 Å². The number of anilines is 1. The predicted molar refractivity (Wildman–Crippen MR) is 152 cm³/mol. The third kappa shape index (κ3) is 13.1. The number of aliphatic carboxylic acids is 2. The number of nitrogens with two attached hydrogens (primary N) is 3. The third-order valence-electron chi connectivity index (χ3n) is 6.27. The molecule has 1 saturated heterocycles. The number of alkyl halides is 6. The van der Waals surface area contributed by atoms with Crippen LogP contribution in [0.5, 0.6) is 0 Å². The number of aliphatic hydroxyl groups excluding tert-OH is 1. The Morgan fingerprint density at radius 2 is 1.58 bits per heavy atom. The molecule has 2 heterocycles. The molecule has 0 aliphatic carbocycles. The Kier molecular flexibility index (Phi) is 15.6. The minimum absolute atomic E-state index is 0.0595. The Morgan fingerprint density at radius 1 is 1.02 bits per heavy atom. The highest BCUT2D eigenvalue weighted by Crippen LogP contribution is 2.39.